The smallest absolute Gasteiger partial charge is 0.241 e. The fraction of sp³-hybridized carbons (Fsp3) is 0.368. The third kappa shape index (κ3) is 4.32. The van der Waals surface area contributed by atoms with Gasteiger partial charge < -0.3 is 9.47 Å². The lowest BCUT2D eigenvalue weighted by molar-refractivity contribution is 0.298. The van der Waals surface area contributed by atoms with Crippen LogP contribution in [0.1, 0.15) is 22.3 Å². The standard InChI is InChI=1S/C19H25NO4S/c1-13-12-14(2)16(4)19(15(13)3)25(21,22)20-10-11-24-18-9-7-6-8-17(18)23-5/h6-9,12,20H,10-11H2,1-5H3. The van der Waals surface area contributed by atoms with Crippen molar-refractivity contribution in [3.63, 3.8) is 0 Å². The lowest BCUT2D eigenvalue weighted by Crippen LogP contribution is -2.29. The highest BCUT2D eigenvalue weighted by Crippen LogP contribution is 2.27. The van der Waals surface area contributed by atoms with E-state index < -0.39 is 10.0 Å². The molecule has 2 rings (SSSR count). The molecule has 0 heterocycles. The number of sulfonamides is 1. The summed E-state index contributed by atoms with van der Waals surface area (Å²) < 4.78 is 38.9. The summed E-state index contributed by atoms with van der Waals surface area (Å²) in [7, 11) is -2.03. The number of aryl methyl sites for hydroxylation is 2. The molecule has 0 fully saturated rings. The zero-order chi connectivity index (χ0) is 18.6. The summed E-state index contributed by atoms with van der Waals surface area (Å²) in [6, 6.07) is 9.27. The first-order valence-corrected chi connectivity index (χ1v) is 9.59. The molecule has 0 aliphatic rings. The predicted molar refractivity (Wildman–Crippen MR) is 99.1 cm³/mol. The molecule has 0 unspecified atom stereocenters. The van der Waals surface area contributed by atoms with Crippen LogP contribution in [0.3, 0.4) is 0 Å². The highest BCUT2D eigenvalue weighted by atomic mass is 32.2. The largest absolute Gasteiger partial charge is 0.493 e. The molecular formula is C19H25NO4S. The molecule has 6 heteroatoms. The van der Waals surface area contributed by atoms with Gasteiger partial charge in [-0.05, 0) is 62.1 Å². The van der Waals surface area contributed by atoms with E-state index in [1.54, 1.807) is 19.2 Å². The van der Waals surface area contributed by atoms with E-state index in [-0.39, 0.29) is 13.2 Å². The Bertz CT molecular complexity index is 834. The lowest BCUT2D eigenvalue weighted by atomic mass is 10.0. The number of rotatable bonds is 7. The summed E-state index contributed by atoms with van der Waals surface area (Å²) in [6.45, 7) is 7.90. The van der Waals surface area contributed by atoms with E-state index >= 15 is 0 Å². The average molecular weight is 363 g/mol. The van der Waals surface area contributed by atoms with Gasteiger partial charge in [0, 0.05) is 6.54 Å². The van der Waals surface area contributed by atoms with Gasteiger partial charge in [0.05, 0.1) is 12.0 Å². The number of para-hydroxylation sites is 2. The van der Waals surface area contributed by atoms with Gasteiger partial charge in [0.1, 0.15) is 6.61 Å². The second-order valence-electron chi connectivity index (χ2n) is 5.99. The molecule has 0 atom stereocenters. The maximum absolute atomic E-state index is 12.7. The van der Waals surface area contributed by atoms with E-state index in [0.29, 0.717) is 16.4 Å². The Balaban J connectivity index is 2.08. The molecule has 0 spiro atoms. The van der Waals surface area contributed by atoms with E-state index in [0.717, 1.165) is 22.3 Å². The molecule has 1 N–H and O–H groups in total. The Labute approximate surface area is 150 Å². The summed E-state index contributed by atoms with van der Waals surface area (Å²) in [5.74, 6) is 1.20. The molecule has 0 amide bonds. The van der Waals surface area contributed by atoms with Crippen molar-refractivity contribution in [3.05, 3.63) is 52.6 Å². The van der Waals surface area contributed by atoms with Crippen LogP contribution in [0.2, 0.25) is 0 Å². The average Bonchev–Trinajstić information content (AvgIpc) is 2.57. The van der Waals surface area contributed by atoms with Gasteiger partial charge >= 0.3 is 0 Å². The first-order valence-electron chi connectivity index (χ1n) is 8.11. The minimum absolute atomic E-state index is 0.173. The van der Waals surface area contributed by atoms with Crippen molar-refractivity contribution in [1.29, 1.82) is 0 Å². The minimum atomic E-state index is -3.60. The summed E-state index contributed by atoms with van der Waals surface area (Å²) in [5.41, 5.74) is 3.49. The minimum Gasteiger partial charge on any atom is -0.493 e. The summed E-state index contributed by atoms with van der Waals surface area (Å²) in [5, 5.41) is 0. The van der Waals surface area contributed by atoms with E-state index in [9.17, 15) is 8.42 Å². The number of hydrogen-bond acceptors (Lipinski definition) is 4. The monoisotopic (exact) mass is 363 g/mol. The van der Waals surface area contributed by atoms with Crippen LogP contribution in [0.4, 0.5) is 0 Å². The van der Waals surface area contributed by atoms with Crippen LogP contribution in [0.25, 0.3) is 0 Å². The third-order valence-electron chi connectivity index (χ3n) is 4.29. The van der Waals surface area contributed by atoms with Crippen molar-refractivity contribution < 1.29 is 17.9 Å². The molecule has 136 valence electrons. The molecule has 0 bridgehead atoms. The van der Waals surface area contributed by atoms with Gasteiger partial charge in [-0.3, -0.25) is 0 Å². The molecule has 2 aromatic rings. The summed E-state index contributed by atoms with van der Waals surface area (Å²) >= 11 is 0. The van der Waals surface area contributed by atoms with Crippen molar-refractivity contribution in [3.8, 4) is 11.5 Å². The number of ether oxygens (including phenoxy) is 2. The molecular weight excluding hydrogens is 338 g/mol. The number of hydrogen-bond donors (Lipinski definition) is 1. The molecule has 0 saturated heterocycles. The predicted octanol–water partition coefficient (Wildman–Crippen LogP) is 3.29. The zero-order valence-electron chi connectivity index (χ0n) is 15.3. The highest BCUT2D eigenvalue weighted by molar-refractivity contribution is 7.89. The van der Waals surface area contributed by atoms with Crippen LogP contribution in [0, 0.1) is 27.7 Å². The second-order valence-corrected chi connectivity index (χ2v) is 7.69. The van der Waals surface area contributed by atoms with Crippen LogP contribution in [0.15, 0.2) is 35.2 Å². The quantitative estimate of drug-likeness (QED) is 0.767. The number of methoxy groups -OCH3 is 1. The van der Waals surface area contributed by atoms with E-state index in [4.69, 9.17) is 9.47 Å². The maximum Gasteiger partial charge on any atom is 0.241 e. The maximum atomic E-state index is 12.7. The van der Waals surface area contributed by atoms with Crippen molar-refractivity contribution >= 4 is 10.0 Å². The SMILES string of the molecule is COc1ccccc1OCCNS(=O)(=O)c1c(C)c(C)cc(C)c1C. The first-order chi connectivity index (χ1) is 11.8. The van der Waals surface area contributed by atoms with Gasteiger partial charge in [-0.1, -0.05) is 18.2 Å². The van der Waals surface area contributed by atoms with Crippen molar-refractivity contribution in [1.82, 2.24) is 4.72 Å². The fourth-order valence-electron chi connectivity index (χ4n) is 2.73. The third-order valence-corrected chi connectivity index (χ3v) is 6.02. The zero-order valence-corrected chi connectivity index (χ0v) is 16.2. The van der Waals surface area contributed by atoms with Crippen LogP contribution < -0.4 is 14.2 Å². The molecule has 0 aliphatic carbocycles. The normalized spacial score (nSPS) is 11.4. The topological polar surface area (TPSA) is 64.6 Å². The van der Waals surface area contributed by atoms with Crippen LogP contribution in [-0.4, -0.2) is 28.7 Å². The highest BCUT2D eigenvalue weighted by Gasteiger charge is 2.21. The Morgan fingerprint density at radius 3 is 2.08 bits per heavy atom. The molecule has 2 aromatic carbocycles. The van der Waals surface area contributed by atoms with Crippen LogP contribution >= 0.6 is 0 Å². The van der Waals surface area contributed by atoms with Crippen molar-refractivity contribution in [2.75, 3.05) is 20.3 Å². The van der Waals surface area contributed by atoms with Gasteiger partial charge in [0.15, 0.2) is 11.5 Å². The Kier molecular flexibility index (Phi) is 6.08. The Morgan fingerprint density at radius 1 is 0.960 bits per heavy atom. The summed E-state index contributed by atoms with van der Waals surface area (Å²) in [6.07, 6.45) is 0. The van der Waals surface area contributed by atoms with Crippen LogP contribution in [0.5, 0.6) is 11.5 Å². The van der Waals surface area contributed by atoms with Gasteiger partial charge in [0.2, 0.25) is 10.0 Å². The molecule has 25 heavy (non-hydrogen) atoms. The van der Waals surface area contributed by atoms with Crippen molar-refractivity contribution in [2.24, 2.45) is 0 Å². The van der Waals surface area contributed by atoms with E-state index in [1.165, 1.54) is 0 Å². The second kappa shape index (κ2) is 7.89. The molecule has 5 nitrogen and oxygen atoms in total. The number of nitrogens with one attached hydrogen (secondary N) is 1. The van der Waals surface area contributed by atoms with Gasteiger partial charge in [-0.25, -0.2) is 13.1 Å². The van der Waals surface area contributed by atoms with Gasteiger partial charge in [-0.2, -0.15) is 0 Å². The Morgan fingerprint density at radius 2 is 1.52 bits per heavy atom. The van der Waals surface area contributed by atoms with E-state index in [2.05, 4.69) is 4.72 Å². The van der Waals surface area contributed by atoms with Gasteiger partial charge in [-0.15, -0.1) is 0 Å². The lowest BCUT2D eigenvalue weighted by Gasteiger charge is -2.16. The summed E-state index contributed by atoms with van der Waals surface area (Å²) in [4.78, 5) is 0.363. The molecule has 0 radical (unpaired) electrons. The van der Waals surface area contributed by atoms with Crippen LogP contribution in [-0.2, 0) is 10.0 Å². The Hall–Kier alpha value is -2.05. The van der Waals surface area contributed by atoms with Gasteiger partial charge in [0.25, 0.3) is 0 Å². The molecule has 0 aromatic heterocycles. The van der Waals surface area contributed by atoms with E-state index in [1.807, 2.05) is 45.9 Å². The van der Waals surface area contributed by atoms with Crippen molar-refractivity contribution in [2.45, 2.75) is 32.6 Å². The number of benzene rings is 2. The first kappa shape index (κ1) is 19.3. The fourth-order valence-corrected chi connectivity index (χ4v) is 4.36. The molecule has 0 saturated carbocycles. The molecule has 0 aliphatic heterocycles.